The van der Waals surface area contributed by atoms with Crippen molar-refractivity contribution < 1.29 is 22.7 Å². The van der Waals surface area contributed by atoms with Gasteiger partial charge in [-0.1, -0.05) is 6.42 Å². The molecule has 0 aliphatic carbocycles. The topological polar surface area (TPSA) is 114 Å². The maximum Gasteiger partial charge on any atom is 0.282 e. The number of rotatable bonds is 12. The minimum absolute atomic E-state index is 0.152. The maximum absolute atomic E-state index is 13.1. The van der Waals surface area contributed by atoms with Gasteiger partial charge in [0.05, 0.1) is 13.2 Å². The summed E-state index contributed by atoms with van der Waals surface area (Å²) < 4.78 is 39.1. The molecule has 1 rings (SSSR count). The first-order valence-electron chi connectivity index (χ1n) is 8.69. The first kappa shape index (κ1) is 22.3. The van der Waals surface area contributed by atoms with Crippen LogP contribution in [0, 0.1) is 0 Å². The van der Waals surface area contributed by atoms with E-state index >= 15 is 0 Å². The van der Waals surface area contributed by atoms with Gasteiger partial charge in [-0.05, 0) is 12.8 Å². The Labute approximate surface area is 151 Å². The lowest BCUT2D eigenvalue weighted by molar-refractivity contribution is -0.121. The molecule has 1 atom stereocenters. The highest BCUT2D eigenvalue weighted by atomic mass is 32.2. The van der Waals surface area contributed by atoms with Gasteiger partial charge in [0, 0.05) is 59.4 Å². The molecule has 10 heteroatoms. The molecule has 1 aliphatic heterocycles. The van der Waals surface area contributed by atoms with Crippen molar-refractivity contribution in [2.75, 3.05) is 60.2 Å². The van der Waals surface area contributed by atoms with Crippen LogP contribution in [0.3, 0.4) is 0 Å². The molecule has 25 heavy (non-hydrogen) atoms. The van der Waals surface area contributed by atoms with E-state index in [4.69, 9.17) is 15.2 Å². The van der Waals surface area contributed by atoms with Gasteiger partial charge in [-0.15, -0.1) is 0 Å². The number of amides is 1. The minimum Gasteiger partial charge on any atom is -0.383 e. The van der Waals surface area contributed by atoms with Crippen molar-refractivity contribution in [2.24, 2.45) is 5.73 Å². The van der Waals surface area contributed by atoms with Crippen LogP contribution in [0.1, 0.15) is 25.7 Å². The van der Waals surface area contributed by atoms with E-state index in [-0.39, 0.29) is 38.0 Å². The average Bonchev–Trinajstić information content (AvgIpc) is 2.60. The first-order valence-corrected chi connectivity index (χ1v) is 10.1. The van der Waals surface area contributed by atoms with Gasteiger partial charge < -0.3 is 20.5 Å². The third kappa shape index (κ3) is 7.16. The maximum atomic E-state index is 13.1. The van der Waals surface area contributed by atoms with Gasteiger partial charge in [0.15, 0.2) is 0 Å². The van der Waals surface area contributed by atoms with Crippen molar-refractivity contribution in [3.05, 3.63) is 0 Å². The molecule has 1 saturated heterocycles. The van der Waals surface area contributed by atoms with Crippen LogP contribution in [0.25, 0.3) is 0 Å². The third-order valence-corrected chi connectivity index (χ3v) is 6.28. The summed E-state index contributed by atoms with van der Waals surface area (Å²) in [7, 11) is -0.568. The number of piperidine rings is 1. The lowest BCUT2D eigenvalue weighted by Crippen LogP contribution is -2.55. The number of ether oxygens (including phenoxy) is 2. The molecule has 1 aliphatic rings. The summed E-state index contributed by atoms with van der Waals surface area (Å²) in [6.07, 6.45) is 2.73. The average molecular weight is 381 g/mol. The van der Waals surface area contributed by atoms with Crippen molar-refractivity contribution >= 4 is 16.1 Å². The SMILES string of the molecule is COCCN(CCOC)S(=O)(=O)N1CCCCC1CNC(=O)CCN. The van der Waals surface area contributed by atoms with E-state index in [2.05, 4.69) is 5.32 Å². The molecule has 1 heterocycles. The van der Waals surface area contributed by atoms with E-state index in [0.29, 0.717) is 26.3 Å². The highest BCUT2D eigenvalue weighted by Gasteiger charge is 2.36. The van der Waals surface area contributed by atoms with Crippen molar-refractivity contribution in [1.29, 1.82) is 0 Å². The van der Waals surface area contributed by atoms with Gasteiger partial charge in [0.1, 0.15) is 0 Å². The van der Waals surface area contributed by atoms with Crippen LogP contribution >= 0.6 is 0 Å². The standard InChI is InChI=1S/C15H32N4O5S/c1-23-11-9-18(10-12-24-2)25(21,22)19-8-4-3-5-14(19)13-17-15(20)6-7-16/h14H,3-13,16H2,1-2H3,(H,17,20). The van der Waals surface area contributed by atoms with E-state index < -0.39 is 10.2 Å². The Morgan fingerprint density at radius 2 is 1.88 bits per heavy atom. The quantitative estimate of drug-likeness (QED) is 0.456. The Bertz CT molecular complexity index is 480. The fourth-order valence-electron chi connectivity index (χ4n) is 2.81. The van der Waals surface area contributed by atoms with E-state index in [1.807, 2.05) is 0 Å². The molecule has 1 fully saturated rings. The number of carbonyl (C=O) groups excluding carboxylic acids is 1. The van der Waals surface area contributed by atoms with Gasteiger partial charge in [0.25, 0.3) is 10.2 Å². The van der Waals surface area contributed by atoms with Crippen LogP contribution in [0.5, 0.6) is 0 Å². The number of hydrogen-bond donors (Lipinski definition) is 2. The summed E-state index contributed by atoms with van der Waals surface area (Å²) in [4.78, 5) is 11.7. The van der Waals surface area contributed by atoms with Crippen LogP contribution in [-0.4, -0.2) is 89.1 Å². The zero-order chi connectivity index (χ0) is 18.7. The van der Waals surface area contributed by atoms with E-state index in [9.17, 15) is 13.2 Å². The number of hydrogen-bond acceptors (Lipinski definition) is 6. The van der Waals surface area contributed by atoms with Crippen LogP contribution < -0.4 is 11.1 Å². The van der Waals surface area contributed by atoms with Crippen molar-refractivity contribution in [3.8, 4) is 0 Å². The summed E-state index contributed by atoms with van der Waals surface area (Å²) >= 11 is 0. The summed E-state index contributed by atoms with van der Waals surface area (Å²) in [6.45, 7) is 2.20. The number of nitrogens with zero attached hydrogens (tertiary/aromatic N) is 2. The summed E-state index contributed by atoms with van der Waals surface area (Å²) in [5, 5.41) is 2.79. The molecular weight excluding hydrogens is 348 g/mol. The van der Waals surface area contributed by atoms with Gasteiger partial charge in [-0.3, -0.25) is 4.79 Å². The fourth-order valence-corrected chi connectivity index (χ4v) is 4.63. The van der Waals surface area contributed by atoms with Crippen molar-refractivity contribution in [3.63, 3.8) is 0 Å². The largest absolute Gasteiger partial charge is 0.383 e. The molecule has 0 aromatic carbocycles. The van der Waals surface area contributed by atoms with Crippen LogP contribution in [0.2, 0.25) is 0 Å². The molecule has 1 unspecified atom stereocenters. The molecule has 3 N–H and O–H groups in total. The number of carbonyl (C=O) groups is 1. The second-order valence-corrected chi connectivity index (χ2v) is 7.88. The predicted octanol–water partition coefficient (Wildman–Crippen LogP) is -0.854. The molecule has 0 saturated carbocycles. The predicted molar refractivity (Wildman–Crippen MR) is 95.3 cm³/mol. The number of methoxy groups -OCH3 is 2. The van der Waals surface area contributed by atoms with E-state index in [0.717, 1.165) is 19.3 Å². The molecule has 0 aromatic rings. The Morgan fingerprint density at radius 3 is 2.44 bits per heavy atom. The number of nitrogens with one attached hydrogen (secondary N) is 1. The normalized spacial score (nSPS) is 19.3. The van der Waals surface area contributed by atoms with E-state index in [1.54, 1.807) is 0 Å². The van der Waals surface area contributed by atoms with Gasteiger partial charge in [0.2, 0.25) is 5.91 Å². The molecule has 0 bridgehead atoms. The van der Waals surface area contributed by atoms with Crippen molar-refractivity contribution in [1.82, 2.24) is 13.9 Å². The minimum atomic E-state index is -3.65. The summed E-state index contributed by atoms with van der Waals surface area (Å²) in [6, 6.07) is -0.243. The van der Waals surface area contributed by atoms with Crippen LogP contribution in [-0.2, 0) is 24.5 Å². The third-order valence-electron chi connectivity index (χ3n) is 4.19. The highest BCUT2D eigenvalue weighted by molar-refractivity contribution is 7.86. The smallest absolute Gasteiger partial charge is 0.282 e. The lowest BCUT2D eigenvalue weighted by atomic mass is 10.1. The second-order valence-electron chi connectivity index (χ2n) is 6.00. The monoisotopic (exact) mass is 380 g/mol. The Morgan fingerprint density at radius 1 is 1.24 bits per heavy atom. The molecule has 0 radical (unpaired) electrons. The lowest BCUT2D eigenvalue weighted by Gasteiger charge is -2.38. The van der Waals surface area contributed by atoms with Crippen molar-refractivity contribution in [2.45, 2.75) is 31.7 Å². The van der Waals surface area contributed by atoms with Crippen LogP contribution in [0.15, 0.2) is 0 Å². The highest BCUT2D eigenvalue weighted by Crippen LogP contribution is 2.22. The molecule has 9 nitrogen and oxygen atoms in total. The summed E-state index contributed by atoms with van der Waals surface area (Å²) in [5.74, 6) is -0.152. The fraction of sp³-hybridized carbons (Fsp3) is 0.933. The molecule has 0 aromatic heterocycles. The Kier molecular flexibility index (Phi) is 10.5. The van der Waals surface area contributed by atoms with Crippen LogP contribution in [0.4, 0.5) is 0 Å². The van der Waals surface area contributed by atoms with Gasteiger partial charge >= 0.3 is 0 Å². The molecule has 0 spiro atoms. The van der Waals surface area contributed by atoms with E-state index in [1.165, 1.54) is 22.8 Å². The van der Waals surface area contributed by atoms with Gasteiger partial charge in [-0.2, -0.15) is 17.0 Å². The Hall–Kier alpha value is -0.780. The first-order chi connectivity index (χ1) is 12.0. The molecule has 148 valence electrons. The summed E-state index contributed by atoms with van der Waals surface area (Å²) in [5.41, 5.74) is 5.37. The van der Waals surface area contributed by atoms with Gasteiger partial charge in [-0.25, -0.2) is 0 Å². The Balaban J connectivity index is 2.82. The molecular formula is C15H32N4O5S. The second kappa shape index (κ2) is 11.8. The molecule has 1 amide bonds. The zero-order valence-electron chi connectivity index (χ0n) is 15.3. The number of nitrogens with two attached hydrogens (primary N) is 1. The zero-order valence-corrected chi connectivity index (χ0v) is 16.1.